The van der Waals surface area contributed by atoms with Crippen LogP contribution in [0.5, 0.6) is 0 Å². The van der Waals surface area contributed by atoms with Crippen molar-refractivity contribution in [3.63, 3.8) is 0 Å². The minimum Gasteiger partial charge on any atom is -0.207 e. The van der Waals surface area contributed by atoms with Crippen molar-refractivity contribution in [1.82, 2.24) is 0 Å². The fourth-order valence-corrected chi connectivity index (χ4v) is 16.2. The molecule has 0 bridgehead atoms. The van der Waals surface area contributed by atoms with Gasteiger partial charge in [0, 0.05) is 72.8 Å². The summed E-state index contributed by atoms with van der Waals surface area (Å²) >= 11 is 0. The first-order chi connectivity index (χ1) is 55.8. The predicted molar refractivity (Wildman–Crippen MR) is 421 cm³/mol. The molecular weight excluding hydrogens is 1650 g/mol. The van der Waals surface area contributed by atoms with Gasteiger partial charge in [0.25, 0.3) is 0 Å². The molecule has 0 unspecified atom stereocenters. The van der Waals surface area contributed by atoms with Crippen LogP contribution in [0.1, 0.15) is 55.6 Å². The molecule has 28 heteroatoms. The number of hydrogen-bond acceptors (Lipinski definition) is 0. The van der Waals surface area contributed by atoms with Crippen LogP contribution in [0.15, 0.2) is 218 Å². The van der Waals surface area contributed by atoms with Gasteiger partial charge in [0.1, 0.15) is 158 Å². The van der Waals surface area contributed by atoms with Gasteiger partial charge in [0.15, 0.2) is 0 Å². The van der Waals surface area contributed by atoms with Crippen LogP contribution < -0.4 is 65.6 Å². The van der Waals surface area contributed by atoms with Gasteiger partial charge in [0.2, 0.25) is 0 Å². The van der Waals surface area contributed by atoms with E-state index in [0.717, 1.165) is 146 Å². The second-order valence-electron chi connectivity index (χ2n) is 29.3. The van der Waals surface area contributed by atoms with E-state index in [9.17, 15) is 105 Å². The van der Waals surface area contributed by atoms with Crippen molar-refractivity contribution < 1.29 is 122 Å². The normalized spacial score (nSPS) is 11.3. The van der Waals surface area contributed by atoms with E-state index in [4.69, 9.17) is 0 Å². The molecule has 0 saturated carbocycles. The molecule has 0 heterocycles. The monoisotopic (exact) mass is 1720 g/mol. The minimum absolute atomic E-state index is 0. The molecule has 0 aliphatic rings. The van der Waals surface area contributed by atoms with E-state index in [1.54, 1.807) is 0 Å². The average Bonchev–Trinajstić information content (AvgIpc) is 0.845. The molecule has 0 N–H and O–H groups in total. The number of hydrogen-bond donors (Lipinski definition) is 0. The van der Waals surface area contributed by atoms with Crippen molar-refractivity contribution in [1.29, 1.82) is 0 Å². The van der Waals surface area contributed by atoms with E-state index in [0.29, 0.717) is 72.8 Å². The van der Waals surface area contributed by atoms with Crippen LogP contribution in [0.2, 0.25) is 0 Å². The van der Waals surface area contributed by atoms with Crippen molar-refractivity contribution in [2.75, 3.05) is 0 Å². The van der Waals surface area contributed by atoms with Gasteiger partial charge in [-0.1, -0.05) is 215 Å². The molecule has 0 saturated heterocycles. The van der Waals surface area contributed by atoms with E-state index in [1.165, 1.54) is 55.6 Å². The summed E-state index contributed by atoms with van der Waals surface area (Å²) in [5.74, 6) is -27.0. The van der Waals surface area contributed by atoms with Gasteiger partial charge < -0.3 is 0 Å². The van der Waals surface area contributed by atoms with Crippen LogP contribution in [0.4, 0.5) is 105 Å². The summed E-state index contributed by atoms with van der Waals surface area (Å²) in [6, 6.07) is 24.7. The summed E-state index contributed by atoms with van der Waals surface area (Å²) in [5, 5.41) is 0. The Morgan fingerprint density at radius 2 is 0.208 bits per heavy atom. The third-order valence-corrected chi connectivity index (χ3v) is 22.2. The topological polar surface area (TPSA) is 0 Å². The van der Waals surface area contributed by atoms with Crippen molar-refractivity contribution in [3.05, 3.63) is 414 Å². The molecule has 120 heavy (non-hydrogen) atoms. The summed E-state index contributed by atoms with van der Waals surface area (Å²) in [5.41, 5.74) is 10.4. The van der Waals surface area contributed by atoms with E-state index in [2.05, 4.69) is 69.2 Å². The molecule has 14 aromatic carbocycles. The maximum absolute atomic E-state index is 14.3. The second kappa shape index (κ2) is 37.3. The maximum Gasteiger partial charge on any atom is 5.00 e. The average molecular weight is 1720 g/mol. The molecule has 0 spiro atoms. The Morgan fingerprint density at radius 3 is 0.258 bits per heavy atom. The van der Waals surface area contributed by atoms with Crippen molar-refractivity contribution in [2.45, 2.75) is 69.2 Å². The molecule has 0 aliphatic heterocycles. The molecule has 0 atom stereocenters. The van der Waals surface area contributed by atoms with Gasteiger partial charge in [0.05, 0.1) is 0 Å². The van der Waals surface area contributed by atoms with Gasteiger partial charge in [-0.25, -0.2) is 105 Å². The summed E-state index contributed by atoms with van der Waals surface area (Å²) in [6.07, 6.45) is -9.87. The fraction of sp³-hybridized carbons (Fsp3) is 0.109. The van der Waals surface area contributed by atoms with E-state index in [-0.39, 0.29) is 82.6 Å². The molecule has 0 amide bonds. The van der Waals surface area contributed by atoms with E-state index < -0.39 is 158 Å². The Kier molecular flexibility index (Phi) is 28.7. The predicted octanol–water partition coefficient (Wildman–Crippen LogP) is 18.4. The molecule has 0 fully saturated rings. The molecule has 14 rings (SSSR count). The minimum atomic E-state index is -3.29. The summed E-state index contributed by atoms with van der Waals surface area (Å²) in [7, 11) is 0. The summed E-state index contributed by atoms with van der Waals surface area (Å²) < 4.78 is 343. The van der Waals surface area contributed by atoms with Crippen molar-refractivity contribution in [3.8, 4) is 0 Å². The largest absolute Gasteiger partial charge is 5.00 e. The van der Waals surface area contributed by atoms with Crippen LogP contribution >= 0.6 is 0 Å². The quantitative estimate of drug-likeness (QED) is 0.0650. The Bertz CT molecular complexity index is 4600. The Hall–Kier alpha value is -11.6. The zero-order valence-electron chi connectivity index (χ0n) is 64.9. The fourth-order valence-electron chi connectivity index (χ4n) is 16.2. The third-order valence-electron chi connectivity index (χ3n) is 22.2. The molecule has 619 valence electrons. The van der Waals surface area contributed by atoms with Crippen molar-refractivity contribution >= 4 is 84.0 Å². The van der Waals surface area contributed by atoms with Gasteiger partial charge in [-0.3, -0.25) is 0 Å². The van der Waals surface area contributed by atoms with Gasteiger partial charge in [-0.05, 0) is 0 Å². The first-order valence-electron chi connectivity index (χ1n) is 36.3. The number of benzene rings is 12. The van der Waals surface area contributed by atoms with Gasteiger partial charge in [-0.15, -0.1) is 0 Å². The molecule has 1 radical (unpaired) electrons. The van der Waals surface area contributed by atoms with E-state index >= 15 is 0 Å². The summed E-state index contributed by atoms with van der Waals surface area (Å²) in [6.45, 7) is 22.0. The Balaban J connectivity index is 0.000000182. The second-order valence-corrected chi connectivity index (χ2v) is 29.3. The van der Waals surface area contributed by atoms with Crippen LogP contribution in [-0.2, 0) is 17.1 Å². The molecule has 0 aliphatic carbocycles. The van der Waals surface area contributed by atoms with Gasteiger partial charge in [-0.2, -0.15) is 121 Å². The van der Waals surface area contributed by atoms with Crippen LogP contribution in [0, 0.1) is 209 Å². The zero-order chi connectivity index (χ0) is 87.5. The smallest absolute Gasteiger partial charge is 0.207 e. The first kappa shape index (κ1) is 92.3. The Morgan fingerprint density at radius 1 is 0.142 bits per heavy atom. The zero-order valence-corrected chi connectivity index (χ0v) is 66.0. The first-order valence-corrected chi connectivity index (χ1v) is 36.3. The number of halogens is 24. The SMILES string of the molecule is Cc1c(C)c(C)[c-](C)c1C.Cc1c(C)c(C)[c-](C)c1C.Fc1cc(F)cc([B-](c2cc(F)cc(F)c2)(c2cc(F)cc(F)c2)c2cc(F)cc(F)c2)c1.Fc1cc(F)cc([B-](c2cc(F)cc(F)c2)(c2cc(F)cc(F)c2)c2cc(F)cc(F)c2)c1.Fc1cc(F)cc([B-](c2cc(F)cc(F)c2)(c2cc(F)cc(F)c2)c2cc(F)cc(F)c2)c1.[Fe+5]. The van der Waals surface area contributed by atoms with Crippen molar-refractivity contribution in [2.24, 2.45) is 0 Å². The molecular formula is C92H66B3F24Fe. The van der Waals surface area contributed by atoms with E-state index in [1.807, 2.05) is 0 Å². The van der Waals surface area contributed by atoms with Crippen LogP contribution in [-0.4, -0.2) is 18.4 Å². The molecule has 0 nitrogen and oxygen atoms in total. The van der Waals surface area contributed by atoms with Crippen LogP contribution in [0.3, 0.4) is 0 Å². The molecule has 0 aromatic heterocycles. The summed E-state index contributed by atoms with van der Waals surface area (Å²) in [4.78, 5) is 0. The number of rotatable bonds is 12. The van der Waals surface area contributed by atoms with Crippen LogP contribution in [0.25, 0.3) is 0 Å². The Labute approximate surface area is 685 Å². The maximum atomic E-state index is 14.3. The third kappa shape index (κ3) is 19.8. The molecule has 14 aromatic rings. The van der Waals surface area contributed by atoms with Gasteiger partial charge >= 0.3 is 17.1 Å². The standard InChI is InChI=1S/3C24H12BF8.2C10H15.Fe/c3*26-17-1-13(2-18(27)9-17)25(14-3-19(28)10-20(29)4-14,15-5-21(30)11-22(31)6-15)16-7-23(32)12-24(33)8-16;2*1-6-7(2)9(4)10(5)8(6)3;/h3*1-12H;2*1-5H3;/q5*-1;+5.